The molecule has 2 rings (SSSR count). The number of hydrogen-bond donors (Lipinski definition) is 1. The van der Waals surface area contributed by atoms with Gasteiger partial charge in [-0.2, -0.15) is 0 Å². The molecule has 16 heavy (non-hydrogen) atoms. The van der Waals surface area contributed by atoms with Crippen molar-refractivity contribution in [2.45, 2.75) is 19.9 Å². The second-order valence-electron chi connectivity index (χ2n) is 3.77. The van der Waals surface area contributed by atoms with Crippen LogP contribution < -0.4 is 11.3 Å². The Morgan fingerprint density at radius 2 is 2.12 bits per heavy atom. The van der Waals surface area contributed by atoms with Crippen LogP contribution in [0.3, 0.4) is 0 Å². The van der Waals surface area contributed by atoms with Gasteiger partial charge in [-0.3, -0.25) is 4.79 Å². The third-order valence-corrected chi connectivity index (χ3v) is 2.52. The van der Waals surface area contributed by atoms with Crippen molar-refractivity contribution in [2.24, 2.45) is 0 Å². The molecule has 0 aliphatic heterocycles. The standard InChI is InChI=1S/C12H13FN2O/c1-2-5-15-11-4-3-9(14)6-8(11)7-10(13)12(15)16/h3-4,6-7H,2,5,14H2,1H3. The molecule has 84 valence electrons. The zero-order valence-corrected chi connectivity index (χ0v) is 9.03. The molecule has 1 aromatic carbocycles. The molecule has 0 saturated heterocycles. The number of nitrogens with zero attached hydrogens (tertiary/aromatic N) is 1. The van der Waals surface area contributed by atoms with Crippen LogP contribution in [0.4, 0.5) is 10.1 Å². The van der Waals surface area contributed by atoms with Gasteiger partial charge in [-0.05, 0) is 30.7 Å². The summed E-state index contributed by atoms with van der Waals surface area (Å²) in [6.45, 7) is 2.46. The fourth-order valence-corrected chi connectivity index (χ4v) is 1.82. The molecule has 0 aliphatic rings. The first-order valence-electron chi connectivity index (χ1n) is 5.22. The Bertz CT molecular complexity index is 589. The van der Waals surface area contributed by atoms with Crippen LogP contribution in [0.15, 0.2) is 29.1 Å². The number of rotatable bonds is 2. The summed E-state index contributed by atoms with van der Waals surface area (Å²) in [5, 5.41) is 0.658. The van der Waals surface area contributed by atoms with Crippen LogP contribution in [-0.4, -0.2) is 4.57 Å². The molecule has 0 fully saturated rings. The summed E-state index contributed by atoms with van der Waals surface area (Å²) in [5.41, 5.74) is 6.34. The van der Waals surface area contributed by atoms with Gasteiger partial charge in [0.2, 0.25) is 0 Å². The molecular weight excluding hydrogens is 207 g/mol. The lowest BCUT2D eigenvalue weighted by molar-refractivity contribution is 0.573. The van der Waals surface area contributed by atoms with Crippen molar-refractivity contribution < 1.29 is 4.39 Å². The zero-order valence-electron chi connectivity index (χ0n) is 9.03. The maximum absolute atomic E-state index is 13.4. The Morgan fingerprint density at radius 3 is 2.81 bits per heavy atom. The number of nitrogen functional groups attached to an aromatic ring is 1. The van der Waals surface area contributed by atoms with Gasteiger partial charge in [0.15, 0.2) is 5.82 Å². The molecule has 0 amide bonds. The molecule has 2 aromatic rings. The predicted molar refractivity (Wildman–Crippen MR) is 62.9 cm³/mol. The van der Waals surface area contributed by atoms with Crippen molar-refractivity contribution >= 4 is 16.6 Å². The van der Waals surface area contributed by atoms with Crippen LogP contribution in [0.25, 0.3) is 10.9 Å². The van der Waals surface area contributed by atoms with Crippen LogP contribution in [-0.2, 0) is 6.54 Å². The minimum atomic E-state index is -0.730. The van der Waals surface area contributed by atoms with Crippen molar-refractivity contribution in [3.8, 4) is 0 Å². The van der Waals surface area contributed by atoms with E-state index in [-0.39, 0.29) is 0 Å². The van der Waals surface area contributed by atoms with E-state index >= 15 is 0 Å². The molecule has 0 spiro atoms. The highest BCUT2D eigenvalue weighted by Crippen LogP contribution is 2.17. The molecule has 0 aliphatic carbocycles. The van der Waals surface area contributed by atoms with Gasteiger partial charge in [0.25, 0.3) is 5.56 Å². The van der Waals surface area contributed by atoms with Crippen molar-refractivity contribution in [1.82, 2.24) is 4.57 Å². The molecule has 1 aromatic heterocycles. The van der Waals surface area contributed by atoms with E-state index in [0.29, 0.717) is 17.6 Å². The summed E-state index contributed by atoms with van der Waals surface area (Å²) in [4.78, 5) is 11.6. The summed E-state index contributed by atoms with van der Waals surface area (Å²) >= 11 is 0. The summed E-state index contributed by atoms with van der Waals surface area (Å²) in [7, 11) is 0. The molecule has 1 heterocycles. The van der Waals surface area contributed by atoms with Gasteiger partial charge < -0.3 is 10.3 Å². The first-order valence-corrected chi connectivity index (χ1v) is 5.22. The summed E-state index contributed by atoms with van der Waals surface area (Å²) in [6, 6.07) is 6.37. The Kier molecular flexibility index (Phi) is 2.64. The van der Waals surface area contributed by atoms with Gasteiger partial charge in [0, 0.05) is 17.6 Å². The topological polar surface area (TPSA) is 48.0 Å². The molecule has 0 unspecified atom stereocenters. The van der Waals surface area contributed by atoms with Crippen LogP contribution in [0.2, 0.25) is 0 Å². The number of pyridine rings is 1. The van der Waals surface area contributed by atoms with E-state index in [2.05, 4.69) is 0 Å². The van der Waals surface area contributed by atoms with Gasteiger partial charge in [-0.15, -0.1) is 0 Å². The van der Waals surface area contributed by atoms with Gasteiger partial charge in [-0.25, -0.2) is 4.39 Å². The van der Waals surface area contributed by atoms with E-state index in [0.717, 1.165) is 11.9 Å². The zero-order chi connectivity index (χ0) is 11.7. The first kappa shape index (κ1) is 10.7. The molecular formula is C12H13FN2O. The number of nitrogens with two attached hydrogens (primary N) is 1. The summed E-state index contributed by atoms with van der Waals surface area (Å²) in [5.74, 6) is -0.730. The normalized spacial score (nSPS) is 10.9. The maximum Gasteiger partial charge on any atom is 0.287 e. The number of anilines is 1. The largest absolute Gasteiger partial charge is 0.399 e. The predicted octanol–water partition coefficient (Wildman–Crippen LogP) is 2.13. The van der Waals surface area contributed by atoms with Crippen molar-refractivity contribution in [1.29, 1.82) is 0 Å². The first-order chi connectivity index (χ1) is 7.63. The molecule has 0 saturated carbocycles. The van der Waals surface area contributed by atoms with E-state index in [1.54, 1.807) is 18.2 Å². The monoisotopic (exact) mass is 220 g/mol. The van der Waals surface area contributed by atoms with Crippen molar-refractivity contribution in [3.05, 3.63) is 40.4 Å². The SMILES string of the molecule is CCCn1c(=O)c(F)cc2cc(N)ccc21. The van der Waals surface area contributed by atoms with E-state index in [9.17, 15) is 9.18 Å². The number of benzene rings is 1. The van der Waals surface area contributed by atoms with E-state index in [1.807, 2.05) is 6.92 Å². The highest BCUT2D eigenvalue weighted by Gasteiger charge is 2.08. The van der Waals surface area contributed by atoms with Gasteiger partial charge in [-0.1, -0.05) is 6.92 Å². The molecule has 0 bridgehead atoms. The lowest BCUT2D eigenvalue weighted by Gasteiger charge is -2.09. The van der Waals surface area contributed by atoms with Crippen LogP contribution >= 0.6 is 0 Å². The Balaban J connectivity index is 2.83. The number of halogens is 1. The van der Waals surface area contributed by atoms with Crippen molar-refractivity contribution in [2.75, 3.05) is 5.73 Å². The quantitative estimate of drug-likeness (QED) is 0.788. The van der Waals surface area contributed by atoms with Crippen LogP contribution in [0, 0.1) is 5.82 Å². The van der Waals surface area contributed by atoms with Crippen LogP contribution in [0.1, 0.15) is 13.3 Å². The Labute approximate surface area is 92.3 Å². The second-order valence-corrected chi connectivity index (χ2v) is 3.77. The number of aryl methyl sites for hydroxylation is 1. The lowest BCUT2D eigenvalue weighted by Crippen LogP contribution is -2.23. The lowest BCUT2D eigenvalue weighted by atomic mass is 10.2. The number of hydrogen-bond acceptors (Lipinski definition) is 2. The maximum atomic E-state index is 13.4. The number of aromatic nitrogens is 1. The van der Waals surface area contributed by atoms with Gasteiger partial charge >= 0.3 is 0 Å². The summed E-state index contributed by atoms with van der Waals surface area (Å²) < 4.78 is 14.8. The summed E-state index contributed by atoms with van der Waals surface area (Å²) in [6.07, 6.45) is 0.781. The molecule has 3 nitrogen and oxygen atoms in total. The third-order valence-electron chi connectivity index (χ3n) is 2.52. The highest BCUT2D eigenvalue weighted by atomic mass is 19.1. The molecule has 0 atom stereocenters. The van der Waals surface area contributed by atoms with E-state index in [1.165, 1.54) is 10.6 Å². The molecule has 0 radical (unpaired) electrons. The number of fused-ring (bicyclic) bond motifs is 1. The molecule has 4 heteroatoms. The second kappa shape index (κ2) is 3.96. The average Bonchev–Trinajstić information content (AvgIpc) is 2.24. The third kappa shape index (κ3) is 1.66. The molecule has 2 N–H and O–H groups in total. The minimum Gasteiger partial charge on any atom is -0.399 e. The smallest absolute Gasteiger partial charge is 0.287 e. The van der Waals surface area contributed by atoms with Gasteiger partial charge in [0.1, 0.15) is 0 Å². The minimum absolute atomic E-state index is 0.511. The van der Waals surface area contributed by atoms with Crippen LogP contribution in [0.5, 0.6) is 0 Å². The Hall–Kier alpha value is -1.84. The Morgan fingerprint density at radius 1 is 1.38 bits per heavy atom. The van der Waals surface area contributed by atoms with Crippen molar-refractivity contribution in [3.63, 3.8) is 0 Å². The highest BCUT2D eigenvalue weighted by molar-refractivity contribution is 5.82. The fraction of sp³-hybridized carbons (Fsp3) is 0.250. The van der Waals surface area contributed by atoms with E-state index in [4.69, 9.17) is 5.73 Å². The fourth-order valence-electron chi connectivity index (χ4n) is 1.82. The average molecular weight is 220 g/mol. The van der Waals surface area contributed by atoms with E-state index < -0.39 is 11.4 Å². The van der Waals surface area contributed by atoms with Gasteiger partial charge in [0.05, 0.1) is 5.52 Å².